The lowest BCUT2D eigenvalue weighted by atomic mass is 9.90. The van der Waals surface area contributed by atoms with E-state index >= 15 is 0 Å². The number of carboxylic acids is 1. The lowest BCUT2D eigenvalue weighted by Crippen LogP contribution is -2.18. The van der Waals surface area contributed by atoms with Gasteiger partial charge >= 0.3 is 5.97 Å². The van der Waals surface area contributed by atoms with Crippen molar-refractivity contribution < 1.29 is 24.2 Å². The zero-order valence-electron chi connectivity index (χ0n) is 15.1. The van der Waals surface area contributed by atoms with Gasteiger partial charge in [0, 0.05) is 24.7 Å². The molecule has 4 nitrogen and oxygen atoms in total. The number of ketones is 1. The molecule has 0 spiro atoms. The zero-order chi connectivity index (χ0) is 18.7. The summed E-state index contributed by atoms with van der Waals surface area (Å²) in [4.78, 5) is 22.5. The van der Waals surface area contributed by atoms with Crippen LogP contribution in [0.25, 0.3) is 0 Å². The van der Waals surface area contributed by atoms with Gasteiger partial charge in [0.1, 0.15) is 12.0 Å². The number of rotatable bonds is 12. The van der Waals surface area contributed by atoms with Gasteiger partial charge in [0.05, 0.1) is 6.10 Å². The first kappa shape index (κ1) is 21.6. The molecule has 2 N–H and O–H groups in total. The highest BCUT2D eigenvalue weighted by atomic mass is 19.1. The number of hydrogen-bond acceptors (Lipinski definition) is 3. The lowest BCUT2D eigenvalue weighted by Gasteiger charge is -2.16. The van der Waals surface area contributed by atoms with Crippen LogP contribution in [0.4, 0.5) is 4.39 Å². The molecular formula is C20H31FO4. The quantitative estimate of drug-likeness (QED) is 0.406. The van der Waals surface area contributed by atoms with Gasteiger partial charge in [-0.15, -0.1) is 0 Å². The van der Waals surface area contributed by atoms with Gasteiger partial charge in [-0.3, -0.25) is 9.59 Å². The first-order valence-corrected chi connectivity index (χ1v) is 9.35. The molecule has 0 saturated heterocycles. The Morgan fingerprint density at radius 1 is 1.32 bits per heavy atom. The highest BCUT2D eigenvalue weighted by Crippen LogP contribution is 2.33. The molecule has 0 bridgehead atoms. The van der Waals surface area contributed by atoms with E-state index in [4.69, 9.17) is 5.11 Å². The summed E-state index contributed by atoms with van der Waals surface area (Å²) in [6, 6.07) is 0. The molecule has 0 aliphatic heterocycles. The van der Waals surface area contributed by atoms with Crippen LogP contribution in [0.5, 0.6) is 0 Å². The number of halogens is 1. The molecule has 0 aromatic heterocycles. The van der Waals surface area contributed by atoms with Crippen molar-refractivity contribution in [2.75, 3.05) is 0 Å². The van der Waals surface area contributed by atoms with Gasteiger partial charge in [-0.1, -0.05) is 50.5 Å². The van der Waals surface area contributed by atoms with E-state index in [0.29, 0.717) is 25.7 Å². The molecule has 1 aliphatic carbocycles. The first-order chi connectivity index (χ1) is 12.0. The molecule has 25 heavy (non-hydrogen) atoms. The van der Waals surface area contributed by atoms with E-state index in [1.807, 2.05) is 12.2 Å². The van der Waals surface area contributed by atoms with Crippen molar-refractivity contribution in [3.05, 3.63) is 24.3 Å². The molecule has 1 aliphatic rings. The van der Waals surface area contributed by atoms with Crippen LogP contribution in [0.2, 0.25) is 0 Å². The average molecular weight is 354 g/mol. The van der Waals surface area contributed by atoms with E-state index in [-0.39, 0.29) is 30.5 Å². The maximum atomic E-state index is 13.9. The SMILES string of the molecule is CCCCCC(F)C=CC1C(O)CC(=O)C1CC=CCCCC(=O)O. The molecule has 1 fully saturated rings. The third-order valence-corrected chi connectivity index (χ3v) is 4.68. The Hall–Kier alpha value is -1.49. The van der Waals surface area contributed by atoms with E-state index < -0.39 is 18.2 Å². The summed E-state index contributed by atoms with van der Waals surface area (Å²) in [6.45, 7) is 2.07. The Morgan fingerprint density at radius 3 is 2.76 bits per heavy atom. The van der Waals surface area contributed by atoms with Gasteiger partial charge in [-0.05, 0) is 25.7 Å². The first-order valence-electron chi connectivity index (χ1n) is 9.35. The van der Waals surface area contributed by atoms with E-state index in [1.54, 1.807) is 6.08 Å². The molecule has 0 aromatic rings. The van der Waals surface area contributed by atoms with Crippen molar-refractivity contribution in [3.8, 4) is 0 Å². The standard InChI is InChI=1S/C20H31FO4/c1-2-3-6-9-15(21)12-13-17-16(18(22)14-19(17)23)10-7-4-5-8-11-20(24)25/h4,7,12-13,15-17,19,23H,2-3,5-6,8-11,14H2,1H3,(H,24,25). The monoisotopic (exact) mass is 354 g/mol. The van der Waals surface area contributed by atoms with E-state index in [0.717, 1.165) is 19.3 Å². The molecule has 4 atom stereocenters. The number of carbonyl (C=O) groups excluding carboxylic acids is 1. The summed E-state index contributed by atoms with van der Waals surface area (Å²) < 4.78 is 13.9. The molecule has 142 valence electrons. The molecule has 5 heteroatoms. The number of carbonyl (C=O) groups is 2. The molecule has 1 saturated carbocycles. The Labute approximate surface area is 149 Å². The van der Waals surface area contributed by atoms with Crippen LogP contribution < -0.4 is 0 Å². The van der Waals surface area contributed by atoms with Gasteiger partial charge in [0.25, 0.3) is 0 Å². The fourth-order valence-electron chi connectivity index (χ4n) is 3.19. The number of unbranched alkanes of at least 4 members (excludes halogenated alkanes) is 3. The van der Waals surface area contributed by atoms with Crippen LogP contribution in [0, 0.1) is 11.8 Å². The number of Topliss-reactive ketones (excluding diaryl/α,β-unsaturated/α-hetero) is 1. The molecule has 1 rings (SSSR count). The van der Waals surface area contributed by atoms with Gasteiger partial charge in [-0.25, -0.2) is 4.39 Å². The topological polar surface area (TPSA) is 74.6 Å². The van der Waals surface area contributed by atoms with Gasteiger partial charge in [0.2, 0.25) is 0 Å². The second-order valence-corrected chi connectivity index (χ2v) is 6.81. The number of hydrogen-bond donors (Lipinski definition) is 2. The van der Waals surface area contributed by atoms with Crippen LogP contribution in [0.1, 0.15) is 64.7 Å². The number of aliphatic hydroxyl groups is 1. The molecule has 0 radical (unpaired) electrons. The number of aliphatic hydroxyl groups excluding tert-OH is 1. The van der Waals surface area contributed by atoms with Gasteiger partial charge in [0.15, 0.2) is 0 Å². The fraction of sp³-hybridized carbons (Fsp3) is 0.700. The predicted octanol–water partition coefficient (Wildman–Crippen LogP) is 4.23. The number of alkyl halides is 1. The van der Waals surface area contributed by atoms with Crippen molar-refractivity contribution in [2.45, 2.75) is 77.0 Å². The summed E-state index contributed by atoms with van der Waals surface area (Å²) in [5, 5.41) is 18.7. The summed E-state index contributed by atoms with van der Waals surface area (Å²) in [7, 11) is 0. The van der Waals surface area contributed by atoms with Crippen LogP contribution in [0.15, 0.2) is 24.3 Å². The minimum atomic E-state index is -1.03. The fourth-order valence-corrected chi connectivity index (χ4v) is 3.19. The van der Waals surface area contributed by atoms with Crippen molar-refractivity contribution in [1.82, 2.24) is 0 Å². The molecule has 0 aromatic carbocycles. The van der Waals surface area contributed by atoms with Crippen LogP contribution in [0.3, 0.4) is 0 Å². The highest BCUT2D eigenvalue weighted by Gasteiger charge is 2.39. The van der Waals surface area contributed by atoms with Crippen LogP contribution in [-0.4, -0.2) is 34.2 Å². The smallest absolute Gasteiger partial charge is 0.303 e. The van der Waals surface area contributed by atoms with Crippen molar-refractivity contribution in [2.24, 2.45) is 11.8 Å². The third-order valence-electron chi connectivity index (χ3n) is 4.68. The van der Waals surface area contributed by atoms with E-state index in [1.165, 1.54) is 6.08 Å². The van der Waals surface area contributed by atoms with E-state index in [9.17, 15) is 19.1 Å². The number of allylic oxidation sites excluding steroid dienone is 3. The minimum absolute atomic E-state index is 0.0127. The average Bonchev–Trinajstić information content (AvgIpc) is 2.82. The third kappa shape index (κ3) is 8.43. The maximum Gasteiger partial charge on any atom is 0.303 e. The largest absolute Gasteiger partial charge is 0.481 e. The Balaban J connectivity index is 2.48. The van der Waals surface area contributed by atoms with Crippen molar-refractivity contribution in [1.29, 1.82) is 0 Å². The zero-order valence-corrected chi connectivity index (χ0v) is 15.1. The Bertz CT molecular complexity index is 472. The maximum absolute atomic E-state index is 13.9. The summed E-state index contributed by atoms with van der Waals surface area (Å²) in [5.74, 6) is -1.45. The molecule has 4 unspecified atom stereocenters. The number of carboxylic acid groups (broad SMARTS) is 1. The molecular weight excluding hydrogens is 323 g/mol. The normalized spacial score (nSPS) is 25.2. The van der Waals surface area contributed by atoms with Crippen LogP contribution in [-0.2, 0) is 9.59 Å². The second kappa shape index (κ2) is 12.0. The minimum Gasteiger partial charge on any atom is -0.481 e. The van der Waals surface area contributed by atoms with Gasteiger partial charge < -0.3 is 10.2 Å². The Morgan fingerprint density at radius 2 is 2.08 bits per heavy atom. The molecule has 0 heterocycles. The Kier molecular flexibility index (Phi) is 10.3. The lowest BCUT2D eigenvalue weighted by molar-refractivity contribution is -0.137. The predicted molar refractivity (Wildman–Crippen MR) is 96.0 cm³/mol. The number of aliphatic carboxylic acids is 1. The van der Waals surface area contributed by atoms with Crippen LogP contribution >= 0.6 is 0 Å². The highest BCUT2D eigenvalue weighted by molar-refractivity contribution is 5.84. The molecule has 0 amide bonds. The van der Waals surface area contributed by atoms with E-state index in [2.05, 4.69) is 6.92 Å². The summed E-state index contributed by atoms with van der Waals surface area (Å²) >= 11 is 0. The second-order valence-electron chi connectivity index (χ2n) is 6.81. The van der Waals surface area contributed by atoms with Crippen molar-refractivity contribution >= 4 is 11.8 Å². The van der Waals surface area contributed by atoms with Gasteiger partial charge in [-0.2, -0.15) is 0 Å². The van der Waals surface area contributed by atoms with Crippen molar-refractivity contribution in [3.63, 3.8) is 0 Å². The summed E-state index contributed by atoms with van der Waals surface area (Å²) in [5.41, 5.74) is 0. The summed E-state index contributed by atoms with van der Waals surface area (Å²) in [6.07, 6.45) is 10.5.